The van der Waals surface area contributed by atoms with Crippen molar-refractivity contribution in [2.75, 3.05) is 26.4 Å². The van der Waals surface area contributed by atoms with Gasteiger partial charge in [-0.15, -0.1) is 0 Å². The van der Waals surface area contributed by atoms with Gasteiger partial charge in [-0.25, -0.2) is 0 Å². The largest absolute Gasteiger partial charge is 0.504 e. The number of aliphatic hydroxyl groups excluding tert-OH is 5. The van der Waals surface area contributed by atoms with Gasteiger partial charge >= 0.3 is 5.97 Å². The van der Waals surface area contributed by atoms with Gasteiger partial charge in [-0.1, -0.05) is 12.1 Å². The molecular weight excluding hydrogens is 404 g/mol. The summed E-state index contributed by atoms with van der Waals surface area (Å²) < 4.78 is 15.7. The van der Waals surface area contributed by atoms with Crippen molar-refractivity contribution in [1.82, 2.24) is 0 Å². The number of carbonyl (C=O) groups is 1. The minimum Gasteiger partial charge on any atom is -0.504 e. The van der Waals surface area contributed by atoms with Crippen molar-refractivity contribution >= 4 is 5.97 Å². The van der Waals surface area contributed by atoms with Crippen molar-refractivity contribution in [3.63, 3.8) is 0 Å². The summed E-state index contributed by atoms with van der Waals surface area (Å²) in [6.45, 7) is -1.39. The summed E-state index contributed by atoms with van der Waals surface area (Å²) in [5, 5.41) is 66.9. The molecular formula is C19H26O11. The maximum Gasteiger partial charge on any atom is 0.310 e. The van der Waals surface area contributed by atoms with Gasteiger partial charge in [-0.05, 0) is 23.3 Å². The van der Waals surface area contributed by atoms with Gasteiger partial charge in [0.05, 0.1) is 26.2 Å². The Balaban J connectivity index is 1.92. The van der Waals surface area contributed by atoms with Crippen LogP contribution in [0.5, 0.6) is 11.5 Å². The average molecular weight is 430 g/mol. The van der Waals surface area contributed by atoms with E-state index in [0.29, 0.717) is 11.1 Å². The predicted molar refractivity (Wildman–Crippen MR) is 99.3 cm³/mol. The Morgan fingerprint density at radius 1 is 1.07 bits per heavy atom. The van der Waals surface area contributed by atoms with Gasteiger partial charge in [0, 0.05) is 0 Å². The standard InChI is InChI=1S/C19H26O11/c20-4-3-11(7-21)8-29-19-18(27)17(26)16(25)14(30-19)9-28-15(24)6-10-1-2-12(22)13(23)5-10/h1-3,5,14,16-23,25-27H,4,6-9H2/b11-3+/t14-,16-,17+,18-,19-/m1/s1. The maximum atomic E-state index is 12.0. The van der Waals surface area contributed by atoms with Crippen LogP contribution in [0.1, 0.15) is 5.56 Å². The van der Waals surface area contributed by atoms with E-state index in [1.165, 1.54) is 24.3 Å². The average Bonchev–Trinajstić information content (AvgIpc) is 2.72. The summed E-state index contributed by atoms with van der Waals surface area (Å²) >= 11 is 0. The van der Waals surface area contributed by atoms with Gasteiger partial charge in [0.2, 0.25) is 0 Å². The van der Waals surface area contributed by atoms with Crippen LogP contribution in [0.3, 0.4) is 0 Å². The quantitative estimate of drug-likeness (QED) is 0.129. The number of phenols is 2. The molecule has 30 heavy (non-hydrogen) atoms. The third-order valence-electron chi connectivity index (χ3n) is 4.48. The highest BCUT2D eigenvalue weighted by atomic mass is 16.7. The molecule has 1 saturated heterocycles. The number of carbonyl (C=O) groups excluding carboxylic acids is 1. The number of hydrogen-bond acceptors (Lipinski definition) is 11. The Bertz CT molecular complexity index is 735. The minimum atomic E-state index is -1.64. The molecule has 7 N–H and O–H groups in total. The SMILES string of the molecule is O=C(Cc1ccc(O)c(O)c1)OC[C@H]1O[C@@H](OC/C(=C/CO)CO)[C@H](O)[C@@H](O)[C@@H]1O. The fourth-order valence-corrected chi connectivity index (χ4v) is 2.75. The molecule has 1 fully saturated rings. The molecule has 168 valence electrons. The number of esters is 1. The van der Waals surface area contributed by atoms with E-state index in [9.17, 15) is 30.3 Å². The molecule has 1 aliphatic rings. The number of ether oxygens (including phenoxy) is 3. The number of hydrogen-bond donors (Lipinski definition) is 7. The number of rotatable bonds is 9. The molecule has 1 heterocycles. The van der Waals surface area contributed by atoms with Crippen molar-refractivity contribution in [2.24, 2.45) is 0 Å². The van der Waals surface area contributed by atoms with Crippen LogP contribution in [0, 0.1) is 0 Å². The third kappa shape index (κ3) is 6.37. The molecule has 0 spiro atoms. The molecule has 1 aliphatic heterocycles. The van der Waals surface area contributed by atoms with Gasteiger partial charge in [0.1, 0.15) is 31.0 Å². The van der Waals surface area contributed by atoms with Crippen LogP contribution in [-0.4, -0.2) is 98.8 Å². The van der Waals surface area contributed by atoms with Crippen LogP contribution in [0.25, 0.3) is 0 Å². The van der Waals surface area contributed by atoms with Crippen LogP contribution in [0.2, 0.25) is 0 Å². The van der Waals surface area contributed by atoms with Crippen LogP contribution in [-0.2, 0) is 25.4 Å². The highest BCUT2D eigenvalue weighted by Gasteiger charge is 2.44. The van der Waals surface area contributed by atoms with Crippen molar-refractivity contribution in [1.29, 1.82) is 0 Å². The first-order valence-electron chi connectivity index (χ1n) is 9.14. The molecule has 0 radical (unpaired) electrons. The molecule has 0 aromatic heterocycles. The van der Waals surface area contributed by atoms with Gasteiger partial charge in [0.15, 0.2) is 17.8 Å². The molecule has 1 aromatic rings. The summed E-state index contributed by atoms with van der Waals surface area (Å²) in [6, 6.07) is 3.84. The summed E-state index contributed by atoms with van der Waals surface area (Å²) in [7, 11) is 0. The van der Waals surface area contributed by atoms with Gasteiger partial charge < -0.3 is 50.0 Å². The van der Waals surface area contributed by atoms with E-state index in [1.54, 1.807) is 0 Å². The zero-order chi connectivity index (χ0) is 22.3. The monoisotopic (exact) mass is 430 g/mol. The number of phenolic OH excluding ortho intramolecular Hbond substituents is 2. The zero-order valence-corrected chi connectivity index (χ0v) is 16.0. The van der Waals surface area contributed by atoms with Crippen LogP contribution in [0.4, 0.5) is 0 Å². The van der Waals surface area contributed by atoms with E-state index in [1.807, 2.05) is 0 Å². The van der Waals surface area contributed by atoms with Gasteiger partial charge in [-0.3, -0.25) is 4.79 Å². The predicted octanol–water partition coefficient (Wildman–Crippen LogP) is -2.08. The third-order valence-corrected chi connectivity index (χ3v) is 4.48. The summed E-state index contributed by atoms with van der Waals surface area (Å²) in [5.41, 5.74) is 0.693. The molecule has 0 aliphatic carbocycles. The molecule has 2 rings (SSSR count). The molecule has 0 amide bonds. The molecule has 11 nitrogen and oxygen atoms in total. The van der Waals surface area contributed by atoms with E-state index in [2.05, 4.69) is 0 Å². The Hall–Kier alpha value is -2.25. The van der Waals surface area contributed by atoms with Crippen molar-refractivity contribution in [3.8, 4) is 11.5 Å². The second-order valence-corrected chi connectivity index (χ2v) is 6.71. The molecule has 0 bridgehead atoms. The van der Waals surface area contributed by atoms with E-state index in [0.717, 1.165) is 0 Å². The zero-order valence-electron chi connectivity index (χ0n) is 16.0. The molecule has 0 saturated carbocycles. The Labute approximate surface area is 172 Å². The maximum absolute atomic E-state index is 12.0. The van der Waals surface area contributed by atoms with E-state index in [-0.39, 0.29) is 31.1 Å². The fourth-order valence-electron chi connectivity index (χ4n) is 2.75. The molecule has 1 aromatic carbocycles. The Morgan fingerprint density at radius 3 is 2.43 bits per heavy atom. The minimum absolute atomic E-state index is 0.210. The number of aliphatic hydroxyl groups is 5. The van der Waals surface area contributed by atoms with Crippen LogP contribution >= 0.6 is 0 Å². The Morgan fingerprint density at radius 2 is 1.80 bits per heavy atom. The van der Waals surface area contributed by atoms with Crippen LogP contribution in [0.15, 0.2) is 29.8 Å². The van der Waals surface area contributed by atoms with Crippen molar-refractivity contribution in [2.45, 2.75) is 37.1 Å². The Kier molecular flexibility index (Phi) is 8.99. The highest BCUT2D eigenvalue weighted by Crippen LogP contribution is 2.26. The summed E-state index contributed by atoms with van der Waals surface area (Å²) in [5.74, 6) is -1.44. The molecule has 11 heteroatoms. The number of benzene rings is 1. The molecule has 5 atom stereocenters. The lowest BCUT2D eigenvalue weighted by atomic mass is 9.99. The normalized spacial score (nSPS) is 27.1. The first-order valence-corrected chi connectivity index (χ1v) is 9.14. The van der Waals surface area contributed by atoms with Crippen molar-refractivity contribution < 1.29 is 54.8 Å². The summed E-state index contributed by atoms with van der Waals surface area (Å²) in [6.07, 6.45) is -6.30. The summed E-state index contributed by atoms with van der Waals surface area (Å²) in [4.78, 5) is 12.0. The lowest BCUT2D eigenvalue weighted by Crippen LogP contribution is -2.59. The van der Waals surface area contributed by atoms with E-state index >= 15 is 0 Å². The lowest BCUT2D eigenvalue weighted by molar-refractivity contribution is -0.299. The van der Waals surface area contributed by atoms with Gasteiger partial charge in [-0.2, -0.15) is 0 Å². The second kappa shape index (κ2) is 11.2. The van der Waals surface area contributed by atoms with Crippen molar-refractivity contribution in [3.05, 3.63) is 35.4 Å². The van der Waals surface area contributed by atoms with Gasteiger partial charge in [0.25, 0.3) is 0 Å². The molecule has 0 unspecified atom stereocenters. The topological polar surface area (TPSA) is 186 Å². The lowest BCUT2D eigenvalue weighted by Gasteiger charge is -2.40. The fraction of sp³-hybridized carbons (Fsp3) is 0.526. The number of aromatic hydroxyl groups is 2. The highest BCUT2D eigenvalue weighted by molar-refractivity contribution is 5.73. The first kappa shape index (κ1) is 24.0. The second-order valence-electron chi connectivity index (χ2n) is 6.71. The smallest absolute Gasteiger partial charge is 0.310 e. The first-order chi connectivity index (χ1) is 14.3. The van der Waals surface area contributed by atoms with Crippen LogP contribution < -0.4 is 0 Å². The van der Waals surface area contributed by atoms with E-state index < -0.39 is 49.9 Å². The van der Waals surface area contributed by atoms with E-state index in [4.69, 9.17) is 24.4 Å².